The lowest BCUT2D eigenvalue weighted by Crippen LogP contribution is -2.22. The number of anilines is 1. The number of rotatable bonds is 6. The molecule has 0 radical (unpaired) electrons. The predicted molar refractivity (Wildman–Crippen MR) is 121 cm³/mol. The number of amides is 2. The molecule has 0 saturated carbocycles. The van der Waals surface area contributed by atoms with E-state index in [0.29, 0.717) is 31.9 Å². The number of hydrogen-bond donors (Lipinski definition) is 1. The summed E-state index contributed by atoms with van der Waals surface area (Å²) in [6.07, 6.45) is 0. The van der Waals surface area contributed by atoms with Crippen molar-refractivity contribution in [2.24, 2.45) is 0 Å². The Morgan fingerprint density at radius 1 is 1.06 bits per heavy atom. The minimum absolute atomic E-state index is 0.135. The van der Waals surface area contributed by atoms with Crippen LogP contribution < -0.4 is 5.32 Å². The summed E-state index contributed by atoms with van der Waals surface area (Å²) >= 11 is 7.10. The summed E-state index contributed by atoms with van der Waals surface area (Å²) in [7, 11) is 3.32. The molecule has 3 aromatic rings. The zero-order valence-corrected chi connectivity index (χ0v) is 18.7. The molecule has 9 heteroatoms. The van der Waals surface area contributed by atoms with Crippen LogP contribution in [0.2, 0.25) is 5.02 Å². The highest BCUT2D eigenvalue weighted by Gasteiger charge is 2.19. The molecule has 0 unspecified atom stereocenters. The molecule has 0 spiro atoms. The van der Waals surface area contributed by atoms with Crippen molar-refractivity contribution >= 4 is 46.4 Å². The monoisotopic (exact) mass is 457 g/mol. The lowest BCUT2D eigenvalue weighted by atomic mass is 10.2. The van der Waals surface area contributed by atoms with Gasteiger partial charge in [-0.05, 0) is 43.3 Å². The molecule has 0 bridgehead atoms. The van der Waals surface area contributed by atoms with Crippen molar-refractivity contribution in [3.8, 4) is 10.6 Å². The van der Waals surface area contributed by atoms with Crippen LogP contribution in [0.3, 0.4) is 0 Å². The maximum atomic E-state index is 12.4. The van der Waals surface area contributed by atoms with Crippen LogP contribution in [0.25, 0.3) is 10.6 Å². The van der Waals surface area contributed by atoms with E-state index in [0.717, 1.165) is 5.56 Å². The topological polar surface area (TPSA) is 88.6 Å². The summed E-state index contributed by atoms with van der Waals surface area (Å²) in [5, 5.41) is 3.91. The van der Waals surface area contributed by atoms with Crippen molar-refractivity contribution in [1.82, 2.24) is 9.88 Å². The first-order valence-corrected chi connectivity index (χ1v) is 10.5. The van der Waals surface area contributed by atoms with E-state index in [9.17, 15) is 14.4 Å². The summed E-state index contributed by atoms with van der Waals surface area (Å²) in [6.45, 7) is 1.27. The normalized spacial score (nSPS) is 10.5. The van der Waals surface area contributed by atoms with Gasteiger partial charge in [-0.25, -0.2) is 9.78 Å². The molecule has 0 atom stereocenters. The minimum Gasteiger partial charge on any atom is -0.451 e. The molecule has 31 heavy (non-hydrogen) atoms. The fourth-order valence-electron chi connectivity index (χ4n) is 2.65. The molecule has 1 aromatic heterocycles. The maximum Gasteiger partial charge on any atom is 0.350 e. The minimum atomic E-state index is -0.614. The average Bonchev–Trinajstić information content (AvgIpc) is 3.14. The number of ether oxygens (including phenoxy) is 1. The third-order valence-corrected chi connectivity index (χ3v) is 5.67. The highest BCUT2D eigenvalue weighted by Crippen LogP contribution is 2.29. The van der Waals surface area contributed by atoms with Crippen LogP contribution >= 0.6 is 22.9 Å². The molecule has 3 rings (SSSR count). The predicted octanol–water partition coefficient (Wildman–Crippen LogP) is 4.27. The van der Waals surface area contributed by atoms with Crippen LogP contribution in [0.1, 0.15) is 25.7 Å². The standard InChI is InChI=1S/C22H20ClN3O4S/c1-13-19(31-20(24-13)14-4-8-16(23)9-5-14)22(29)30-12-18(27)25-17-10-6-15(7-11-17)21(28)26(2)3/h4-11H,12H2,1-3H3,(H,25,27). The van der Waals surface area contributed by atoms with Crippen LogP contribution in [0, 0.1) is 6.92 Å². The van der Waals surface area contributed by atoms with Gasteiger partial charge in [-0.2, -0.15) is 0 Å². The van der Waals surface area contributed by atoms with Gasteiger partial charge in [-0.1, -0.05) is 23.7 Å². The molecule has 2 amide bonds. The highest BCUT2D eigenvalue weighted by molar-refractivity contribution is 7.17. The first kappa shape index (κ1) is 22.5. The van der Waals surface area contributed by atoms with Crippen molar-refractivity contribution in [2.75, 3.05) is 26.0 Å². The Morgan fingerprint density at radius 3 is 2.32 bits per heavy atom. The fourth-order valence-corrected chi connectivity index (χ4v) is 3.74. The summed E-state index contributed by atoms with van der Waals surface area (Å²) in [5.41, 5.74) is 2.37. The summed E-state index contributed by atoms with van der Waals surface area (Å²) in [4.78, 5) is 42.6. The van der Waals surface area contributed by atoms with E-state index in [1.807, 2.05) is 12.1 Å². The van der Waals surface area contributed by atoms with Gasteiger partial charge < -0.3 is 15.0 Å². The number of thiazole rings is 1. The zero-order valence-electron chi connectivity index (χ0n) is 17.1. The number of benzene rings is 2. The largest absolute Gasteiger partial charge is 0.451 e. The summed E-state index contributed by atoms with van der Waals surface area (Å²) < 4.78 is 5.14. The first-order chi connectivity index (χ1) is 14.7. The van der Waals surface area contributed by atoms with E-state index < -0.39 is 18.5 Å². The Morgan fingerprint density at radius 2 is 1.71 bits per heavy atom. The van der Waals surface area contributed by atoms with Crippen LogP contribution in [-0.2, 0) is 9.53 Å². The average molecular weight is 458 g/mol. The van der Waals surface area contributed by atoms with Crippen molar-refractivity contribution in [2.45, 2.75) is 6.92 Å². The SMILES string of the molecule is Cc1nc(-c2ccc(Cl)cc2)sc1C(=O)OCC(=O)Nc1ccc(C(=O)N(C)C)cc1. The molecule has 0 aliphatic heterocycles. The molecule has 7 nitrogen and oxygen atoms in total. The van der Waals surface area contributed by atoms with Gasteiger partial charge in [0.2, 0.25) is 0 Å². The third-order valence-electron chi connectivity index (χ3n) is 4.23. The van der Waals surface area contributed by atoms with Gasteiger partial charge in [0.1, 0.15) is 9.88 Å². The molecule has 0 saturated heterocycles. The number of carbonyl (C=O) groups excluding carboxylic acids is 3. The highest BCUT2D eigenvalue weighted by atomic mass is 35.5. The van der Waals surface area contributed by atoms with E-state index in [-0.39, 0.29) is 5.91 Å². The Labute approximate surface area is 188 Å². The Kier molecular flexibility index (Phi) is 7.04. The summed E-state index contributed by atoms with van der Waals surface area (Å²) in [6, 6.07) is 13.6. The molecule has 1 heterocycles. The van der Waals surface area contributed by atoms with Crippen LogP contribution in [0.5, 0.6) is 0 Å². The molecule has 0 aliphatic carbocycles. The van der Waals surface area contributed by atoms with Crippen molar-refractivity contribution < 1.29 is 19.1 Å². The van der Waals surface area contributed by atoms with Gasteiger partial charge in [0.05, 0.1) is 5.69 Å². The molecule has 2 aromatic carbocycles. The van der Waals surface area contributed by atoms with Crippen LogP contribution in [0.4, 0.5) is 5.69 Å². The Bertz CT molecular complexity index is 1110. The molecule has 160 valence electrons. The fraction of sp³-hybridized carbons (Fsp3) is 0.182. The quantitative estimate of drug-likeness (QED) is 0.558. The number of aryl methyl sites for hydroxylation is 1. The third kappa shape index (κ3) is 5.68. The van der Waals surface area contributed by atoms with Gasteiger partial charge in [-0.3, -0.25) is 9.59 Å². The van der Waals surface area contributed by atoms with E-state index in [4.69, 9.17) is 16.3 Å². The Balaban J connectivity index is 1.57. The summed E-state index contributed by atoms with van der Waals surface area (Å²) in [5.74, 6) is -1.23. The van der Waals surface area contributed by atoms with Crippen molar-refractivity contribution in [1.29, 1.82) is 0 Å². The lowest BCUT2D eigenvalue weighted by Gasteiger charge is -2.11. The van der Waals surface area contributed by atoms with E-state index in [1.165, 1.54) is 16.2 Å². The second kappa shape index (κ2) is 9.72. The number of nitrogens with zero attached hydrogens (tertiary/aromatic N) is 2. The zero-order chi connectivity index (χ0) is 22.5. The number of carbonyl (C=O) groups is 3. The maximum absolute atomic E-state index is 12.4. The smallest absolute Gasteiger partial charge is 0.350 e. The van der Waals surface area contributed by atoms with Crippen molar-refractivity contribution in [3.63, 3.8) is 0 Å². The number of aromatic nitrogens is 1. The van der Waals surface area contributed by atoms with E-state index in [1.54, 1.807) is 57.4 Å². The van der Waals surface area contributed by atoms with E-state index >= 15 is 0 Å². The lowest BCUT2D eigenvalue weighted by molar-refractivity contribution is -0.119. The van der Waals surface area contributed by atoms with Crippen LogP contribution in [-0.4, -0.2) is 48.4 Å². The van der Waals surface area contributed by atoms with Gasteiger partial charge >= 0.3 is 5.97 Å². The van der Waals surface area contributed by atoms with Crippen LogP contribution in [0.15, 0.2) is 48.5 Å². The first-order valence-electron chi connectivity index (χ1n) is 9.26. The van der Waals surface area contributed by atoms with Gasteiger partial charge in [0, 0.05) is 35.9 Å². The van der Waals surface area contributed by atoms with Gasteiger partial charge in [0.15, 0.2) is 6.61 Å². The Hall–Kier alpha value is -3.23. The van der Waals surface area contributed by atoms with Crippen molar-refractivity contribution in [3.05, 3.63) is 69.7 Å². The number of hydrogen-bond acceptors (Lipinski definition) is 6. The second-order valence-corrected chi connectivity index (χ2v) is 8.28. The molecular weight excluding hydrogens is 438 g/mol. The number of esters is 1. The molecule has 1 N–H and O–H groups in total. The second-order valence-electron chi connectivity index (χ2n) is 6.84. The molecule has 0 aliphatic rings. The van der Waals surface area contributed by atoms with E-state index in [2.05, 4.69) is 10.3 Å². The van der Waals surface area contributed by atoms with Gasteiger partial charge in [-0.15, -0.1) is 11.3 Å². The van der Waals surface area contributed by atoms with Gasteiger partial charge in [0.25, 0.3) is 11.8 Å². The number of halogens is 1. The molecule has 0 fully saturated rings. The number of nitrogens with one attached hydrogen (secondary N) is 1. The molecular formula is C22H20ClN3O4S.